The van der Waals surface area contributed by atoms with E-state index in [1.807, 2.05) is 0 Å². The van der Waals surface area contributed by atoms with Gasteiger partial charge in [-0.15, -0.1) is 0 Å². The molecule has 0 aliphatic carbocycles. The fraction of sp³-hybridized carbons (Fsp3) is 0.357. The summed E-state index contributed by atoms with van der Waals surface area (Å²) in [4.78, 5) is 56.6. The molecule has 0 radical (unpaired) electrons. The van der Waals surface area contributed by atoms with Crippen LogP contribution in [0, 0.1) is 5.92 Å². The van der Waals surface area contributed by atoms with Crippen molar-refractivity contribution in [3.63, 3.8) is 0 Å². The highest BCUT2D eigenvalue weighted by Crippen LogP contribution is 2.55. The lowest BCUT2D eigenvalue weighted by molar-refractivity contribution is -0.137. The maximum Gasteiger partial charge on any atom is 0.418 e. The van der Waals surface area contributed by atoms with Crippen molar-refractivity contribution in [2.24, 2.45) is 5.92 Å². The summed E-state index contributed by atoms with van der Waals surface area (Å²) in [5, 5.41) is -0.568. The number of rotatable bonds is 4. The van der Waals surface area contributed by atoms with Crippen LogP contribution in [0.5, 0.6) is 0 Å². The third kappa shape index (κ3) is 4.86. The minimum absolute atomic E-state index is 0.104. The van der Waals surface area contributed by atoms with E-state index >= 15 is 0 Å². The number of halogens is 5. The molecule has 3 atom stereocenters. The summed E-state index contributed by atoms with van der Waals surface area (Å²) in [7, 11) is 0. The Bertz CT molecular complexity index is 1670. The molecule has 2 saturated heterocycles. The van der Waals surface area contributed by atoms with Gasteiger partial charge in [0.2, 0.25) is 17.7 Å². The van der Waals surface area contributed by atoms with Crippen molar-refractivity contribution in [3.8, 4) is 0 Å². The van der Waals surface area contributed by atoms with E-state index in [4.69, 9.17) is 23.2 Å². The van der Waals surface area contributed by atoms with Gasteiger partial charge in [0.1, 0.15) is 11.8 Å². The molecule has 3 aliphatic heterocycles. The molecule has 3 aromatic rings. The first kappa shape index (κ1) is 29.3. The maximum absolute atomic E-state index is 14.0. The van der Waals surface area contributed by atoms with E-state index in [1.54, 1.807) is 23.1 Å². The van der Waals surface area contributed by atoms with Gasteiger partial charge >= 0.3 is 11.0 Å². The van der Waals surface area contributed by atoms with Crippen molar-refractivity contribution in [1.82, 2.24) is 9.47 Å². The first-order chi connectivity index (χ1) is 20.0. The average Bonchev–Trinajstić information content (AvgIpc) is 3.41. The van der Waals surface area contributed by atoms with Crippen molar-refractivity contribution in [1.29, 1.82) is 0 Å². The molecule has 6 rings (SSSR count). The number of anilines is 1. The second-order valence-electron chi connectivity index (χ2n) is 10.3. The third-order valence-corrected chi connectivity index (χ3v) is 11.3. The van der Waals surface area contributed by atoms with Gasteiger partial charge in [0, 0.05) is 23.9 Å². The summed E-state index contributed by atoms with van der Waals surface area (Å²) in [6.07, 6.45) is -2.07. The van der Waals surface area contributed by atoms with Crippen LogP contribution in [0.3, 0.4) is 0 Å². The predicted molar refractivity (Wildman–Crippen MR) is 154 cm³/mol. The molecule has 1 aromatic heterocycles. The Kier molecular flexibility index (Phi) is 7.70. The maximum atomic E-state index is 14.0. The predicted octanol–water partition coefficient (Wildman–Crippen LogP) is 6.04. The zero-order valence-corrected chi connectivity index (χ0v) is 24.8. The minimum atomic E-state index is -4.82. The highest BCUT2D eigenvalue weighted by atomic mass is 35.5. The van der Waals surface area contributed by atoms with Gasteiger partial charge in [0.25, 0.3) is 0 Å². The fourth-order valence-corrected chi connectivity index (χ4v) is 9.06. The second kappa shape index (κ2) is 11.0. The number of carbonyl (C=O) groups is 3. The monoisotopic (exact) mass is 655 g/mol. The smallest absolute Gasteiger partial charge is 0.341 e. The van der Waals surface area contributed by atoms with Crippen molar-refractivity contribution in [3.05, 3.63) is 78.2 Å². The van der Waals surface area contributed by atoms with E-state index in [0.717, 1.165) is 54.5 Å². The number of thiazole rings is 1. The summed E-state index contributed by atoms with van der Waals surface area (Å²) in [6.45, 7) is 0.909. The van der Waals surface area contributed by atoms with Crippen LogP contribution < -0.4 is 9.77 Å². The van der Waals surface area contributed by atoms with E-state index in [1.165, 1.54) is 16.7 Å². The molecular formula is C28H22Cl2F3N3O4S2. The zero-order valence-electron chi connectivity index (χ0n) is 21.7. The average molecular weight is 657 g/mol. The molecule has 4 heterocycles. The SMILES string of the molecule is O=C(Cn1c2c(sc1=O)C(c1cccc(Cl)c1Cl)C1C(=O)N(c3ccccc3C(F)(F)F)C(=O)C1S2)N1CCCCC1. The van der Waals surface area contributed by atoms with Crippen molar-refractivity contribution < 1.29 is 27.6 Å². The van der Waals surface area contributed by atoms with E-state index in [2.05, 4.69) is 0 Å². The Labute approximate surface area is 256 Å². The van der Waals surface area contributed by atoms with E-state index in [-0.39, 0.29) is 22.5 Å². The third-order valence-electron chi connectivity index (χ3n) is 7.82. The first-order valence-electron chi connectivity index (χ1n) is 13.1. The van der Waals surface area contributed by atoms with Crippen molar-refractivity contribution in [2.45, 2.75) is 48.2 Å². The van der Waals surface area contributed by atoms with Crippen molar-refractivity contribution in [2.75, 3.05) is 18.0 Å². The quantitative estimate of drug-likeness (QED) is 0.320. The number of carbonyl (C=O) groups excluding carboxylic acids is 3. The van der Waals surface area contributed by atoms with Gasteiger partial charge in [0.15, 0.2) is 0 Å². The Morgan fingerprint density at radius 1 is 0.952 bits per heavy atom. The number of likely N-dealkylation sites (tertiary alicyclic amines) is 1. The van der Waals surface area contributed by atoms with Crippen LogP contribution in [0.1, 0.15) is 41.2 Å². The van der Waals surface area contributed by atoms with Crippen LogP contribution in [-0.4, -0.2) is 45.5 Å². The summed E-state index contributed by atoms with van der Waals surface area (Å²) < 4.78 is 43.1. The number of benzene rings is 2. The Balaban J connectivity index is 1.48. The molecule has 2 fully saturated rings. The Morgan fingerprint density at radius 2 is 1.67 bits per heavy atom. The van der Waals surface area contributed by atoms with E-state index in [0.29, 0.717) is 33.5 Å². The number of aromatic nitrogens is 1. The summed E-state index contributed by atoms with van der Waals surface area (Å²) in [5.74, 6) is -4.05. The molecule has 3 unspecified atom stereocenters. The molecule has 42 heavy (non-hydrogen) atoms. The topological polar surface area (TPSA) is 79.7 Å². The van der Waals surface area contributed by atoms with Gasteiger partial charge in [-0.05, 0) is 43.0 Å². The number of imide groups is 1. The second-order valence-corrected chi connectivity index (χ2v) is 13.2. The van der Waals surface area contributed by atoms with Gasteiger partial charge in [-0.25, -0.2) is 4.90 Å². The number of para-hydroxylation sites is 1. The lowest BCUT2D eigenvalue weighted by Crippen LogP contribution is -2.39. The van der Waals surface area contributed by atoms with Crippen LogP contribution in [0.25, 0.3) is 0 Å². The normalized spacial score (nSPS) is 22.4. The van der Waals surface area contributed by atoms with Gasteiger partial charge < -0.3 is 4.90 Å². The van der Waals surface area contributed by atoms with Crippen LogP contribution in [-0.2, 0) is 27.1 Å². The molecule has 2 aromatic carbocycles. The van der Waals surface area contributed by atoms with E-state index in [9.17, 15) is 32.3 Å². The highest BCUT2D eigenvalue weighted by molar-refractivity contribution is 8.00. The molecule has 0 bridgehead atoms. The number of hydrogen-bond donors (Lipinski definition) is 0. The lowest BCUT2D eigenvalue weighted by Gasteiger charge is -2.32. The summed E-state index contributed by atoms with van der Waals surface area (Å²) in [6, 6.07) is 9.18. The molecular weight excluding hydrogens is 634 g/mol. The first-order valence-corrected chi connectivity index (χ1v) is 15.6. The molecule has 0 N–H and O–H groups in total. The number of fused-ring (bicyclic) bond motifs is 2. The number of nitrogens with zero attached hydrogens (tertiary/aromatic N) is 3. The van der Waals surface area contributed by atoms with Crippen LogP contribution in [0.2, 0.25) is 10.0 Å². The zero-order chi connectivity index (χ0) is 29.9. The van der Waals surface area contributed by atoms with Gasteiger partial charge in [-0.1, -0.05) is 70.6 Å². The largest absolute Gasteiger partial charge is 0.418 e. The van der Waals surface area contributed by atoms with Gasteiger partial charge in [-0.2, -0.15) is 13.2 Å². The number of amides is 3. The van der Waals surface area contributed by atoms with E-state index < -0.39 is 51.2 Å². The van der Waals surface area contributed by atoms with Gasteiger partial charge in [-0.3, -0.25) is 23.7 Å². The van der Waals surface area contributed by atoms with Gasteiger partial charge in [0.05, 0.1) is 32.2 Å². The standard InChI is InChI=1S/C28H22Cl2F3N3O4S2/c29-16-9-6-7-14(21(16)30)19-20-22(25(39)36(24(20)38)17-10-3-2-8-15(17)28(31,32)33)41-26-23(19)42-27(40)35(26)13-18(37)34-11-4-1-5-12-34/h2-3,6-10,19-20,22H,1,4-5,11-13H2. The Hall–Kier alpha value is -2.80. The minimum Gasteiger partial charge on any atom is -0.341 e. The van der Waals surface area contributed by atoms with Crippen LogP contribution in [0.15, 0.2) is 52.3 Å². The number of piperidine rings is 1. The lowest BCUT2D eigenvalue weighted by atomic mass is 9.83. The molecule has 7 nitrogen and oxygen atoms in total. The molecule has 0 spiro atoms. The fourth-order valence-electron chi connectivity index (χ4n) is 5.88. The molecule has 14 heteroatoms. The van der Waals surface area contributed by atoms with Crippen LogP contribution in [0.4, 0.5) is 18.9 Å². The van der Waals surface area contributed by atoms with Crippen molar-refractivity contribution >= 4 is 69.7 Å². The van der Waals surface area contributed by atoms with Crippen LogP contribution >= 0.6 is 46.3 Å². The highest BCUT2D eigenvalue weighted by Gasteiger charge is 2.58. The summed E-state index contributed by atoms with van der Waals surface area (Å²) >= 11 is 14.7. The molecule has 3 aliphatic rings. The number of thioether (sulfide) groups is 1. The molecule has 220 valence electrons. The molecule has 0 saturated carbocycles. The number of alkyl halides is 3. The summed E-state index contributed by atoms with van der Waals surface area (Å²) in [5.41, 5.74) is -1.32. The number of hydrogen-bond acceptors (Lipinski definition) is 6. The Morgan fingerprint density at radius 3 is 2.38 bits per heavy atom. The molecule has 3 amide bonds.